The maximum Gasteiger partial charge on any atom is 0.231 e. The molecule has 128 valence electrons. The number of rotatable bonds is 5. The Kier molecular flexibility index (Phi) is 4.34. The zero-order valence-electron chi connectivity index (χ0n) is 13.7. The Labute approximate surface area is 150 Å². The molecule has 0 N–H and O–H groups in total. The number of halogens is 1. The summed E-state index contributed by atoms with van der Waals surface area (Å²) in [5.41, 5.74) is 2.90. The molecule has 0 aliphatic carbocycles. The second-order valence-electron chi connectivity index (χ2n) is 6.01. The van der Waals surface area contributed by atoms with Gasteiger partial charge in [-0.2, -0.15) is 0 Å². The Morgan fingerprint density at radius 1 is 1.08 bits per heavy atom. The van der Waals surface area contributed by atoms with Crippen molar-refractivity contribution in [2.45, 2.75) is 13.1 Å². The normalized spacial score (nSPS) is 12.8. The molecule has 2 heterocycles. The maximum absolute atomic E-state index is 6.02. The van der Waals surface area contributed by atoms with Crippen LogP contribution < -0.4 is 9.47 Å². The fourth-order valence-electron chi connectivity index (χ4n) is 2.82. The molecule has 0 amide bonds. The first-order chi connectivity index (χ1) is 12.2. The van der Waals surface area contributed by atoms with E-state index in [0.29, 0.717) is 24.3 Å². The van der Waals surface area contributed by atoms with E-state index >= 15 is 0 Å². The van der Waals surface area contributed by atoms with E-state index in [0.717, 1.165) is 34.9 Å². The summed E-state index contributed by atoms with van der Waals surface area (Å²) in [6.45, 7) is 1.74. The quantitative estimate of drug-likeness (QED) is 0.680. The van der Waals surface area contributed by atoms with Crippen LogP contribution in [0.25, 0.3) is 11.5 Å². The van der Waals surface area contributed by atoms with Gasteiger partial charge in [0.25, 0.3) is 0 Å². The lowest BCUT2D eigenvalue weighted by Crippen LogP contribution is -2.17. The third-order valence-corrected chi connectivity index (χ3v) is 4.18. The van der Waals surface area contributed by atoms with Crippen LogP contribution in [0.1, 0.15) is 11.3 Å². The third kappa shape index (κ3) is 3.62. The highest BCUT2D eigenvalue weighted by Crippen LogP contribution is 2.32. The molecule has 1 aliphatic heterocycles. The van der Waals surface area contributed by atoms with Crippen molar-refractivity contribution in [1.29, 1.82) is 0 Å². The molecule has 1 aromatic heterocycles. The molecular weight excluding hydrogens is 340 g/mol. The molecule has 0 radical (unpaired) electrons. The highest BCUT2D eigenvalue weighted by Gasteiger charge is 2.14. The number of benzene rings is 2. The number of aromatic nitrogens is 1. The molecule has 3 aromatic rings. The van der Waals surface area contributed by atoms with Crippen molar-refractivity contribution >= 4 is 11.6 Å². The maximum atomic E-state index is 6.02. The first-order valence-corrected chi connectivity index (χ1v) is 8.32. The SMILES string of the molecule is CN(Cc1ccc2c(c1)OCO2)Cc1coc(-c2cccc(Cl)c2)n1. The molecule has 2 aromatic carbocycles. The highest BCUT2D eigenvalue weighted by atomic mass is 35.5. The van der Waals surface area contributed by atoms with Crippen molar-refractivity contribution < 1.29 is 13.9 Å². The van der Waals surface area contributed by atoms with Gasteiger partial charge < -0.3 is 13.9 Å². The molecule has 0 unspecified atom stereocenters. The first-order valence-electron chi connectivity index (χ1n) is 7.95. The topological polar surface area (TPSA) is 47.7 Å². The number of ether oxygens (including phenoxy) is 2. The van der Waals surface area contributed by atoms with Gasteiger partial charge in [0.15, 0.2) is 11.5 Å². The zero-order chi connectivity index (χ0) is 17.2. The Morgan fingerprint density at radius 3 is 2.84 bits per heavy atom. The molecule has 1 aliphatic rings. The summed E-state index contributed by atoms with van der Waals surface area (Å²) in [6, 6.07) is 13.5. The predicted molar refractivity (Wildman–Crippen MR) is 94.7 cm³/mol. The average molecular weight is 357 g/mol. The van der Waals surface area contributed by atoms with Crippen molar-refractivity contribution in [3.05, 3.63) is 65.0 Å². The van der Waals surface area contributed by atoms with Crippen LogP contribution in [-0.4, -0.2) is 23.7 Å². The predicted octanol–water partition coefficient (Wildman–Crippen LogP) is 4.36. The van der Waals surface area contributed by atoms with Gasteiger partial charge in [-0.25, -0.2) is 4.98 Å². The lowest BCUT2D eigenvalue weighted by atomic mass is 10.2. The molecule has 0 atom stereocenters. The molecule has 0 saturated heterocycles. The second kappa shape index (κ2) is 6.78. The minimum Gasteiger partial charge on any atom is -0.454 e. The molecule has 5 nitrogen and oxygen atoms in total. The van der Waals surface area contributed by atoms with Crippen molar-refractivity contribution in [3.8, 4) is 23.0 Å². The summed E-state index contributed by atoms with van der Waals surface area (Å²) in [7, 11) is 2.04. The van der Waals surface area contributed by atoms with E-state index < -0.39 is 0 Å². The number of fused-ring (bicyclic) bond motifs is 1. The van der Waals surface area contributed by atoms with Gasteiger partial charge in [0.1, 0.15) is 6.26 Å². The summed E-state index contributed by atoms with van der Waals surface area (Å²) in [4.78, 5) is 6.71. The Bertz CT molecular complexity index is 894. The number of oxazole rings is 1. The van der Waals surface area contributed by atoms with Gasteiger partial charge in [0.2, 0.25) is 12.7 Å². The van der Waals surface area contributed by atoms with Gasteiger partial charge in [-0.1, -0.05) is 23.7 Å². The smallest absolute Gasteiger partial charge is 0.231 e. The van der Waals surface area contributed by atoms with Crippen molar-refractivity contribution in [3.63, 3.8) is 0 Å². The fourth-order valence-corrected chi connectivity index (χ4v) is 3.01. The van der Waals surface area contributed by atoms with E-state index in [1.807, 2.05) is 49.5 Å². The Morgan fingerprint density at radius 2 is 1.96 bits per heavy atom. The molecule has 0 bridgehead atoms. The van der Waals surface area contributed by atoms with E-state index in [9.17, 15) is 0 Å². The van der Waals surface area contributed by atoms with Crippen LogP contribution in [0.3, 0.4) is 0 Å². The van der Waals surface area contributed by atoms with Gasteiger partial charge in [-0.05, 0) is 42.9 Å². The van der Waals surface area contributed by atoms with Crippen LogP contribution in [0.5, 0.6) is 11.5 Å². The standard InChI is InChI=1S/C19H17ClN2O3/c1-22(9-13-5-6-17-18(7-13)25-12-24-17)10-16-11-23-19(21-16)14-3-2-4-15(20)8-14/h2-8,11H,9-10,12H2,1H3. The van der Waals surface area contributed by atoms with Crippen LogP contribution in [0, 0.1) is 0 Å². The number of hydrogen-bond acceptors (Lipinski definition) is 5. The summed E-state index contributed by atoms with van der Waals surface area (Å²) < 4.78 is 16.3. The van der Waals surface area contributed by atoms with Crippen molar-refractivity contribution in [1.82, 2.24) is 9.88 Å². The van der Waals surface area contributed by atoms with Gasteiger partial charge in [0, 0.05) is 23.7 Å². The van der Waals surface area contributed by atoms with E-state index in [2.05, 4.69) is 9.88 Å². The van der Waals surface area contributed by atoms with E-state index in [-0.39, 0.29) is 0 Å². The van der Waals surface area contributed by atoms with E-state index in [1.54, 1.807) is 6.26 Å². The average Bonchev–Trinajstić information content (AvgIpc) is 3.23. The molecule has 6 heteroatoms. The molecule has 0 fully saturated rings. The summed E-state index contributed by atoms with van der Waals surface area (Å²) in [5.74, 6) is 2.18. The van der Waals surface area contributed by atoms with Gasteiger partial charge in [-0.15, -0.1) is 0 Å². The number of nitrogens with zero attached hydrogens (tertiary/aromatic N) is 2. The van der Waals surface area contributed by atoms with Crippen molar-refractivity contribution in [2.75, 3.05) is 13.8 Å². The summed E-state index contributed by atoms with van der Waals surface area (Å²) in [6.07, 6.45) is 1.69. The summed E-state index contributed by atoms with van der Waals surface area (Å²) >= 11 is 6.02. The monoisotopic (exact) mass is 356 g/mol. The first kappa shape index (κ1) is 16.0. The van der Waals surface area contributed by atoms with Gasteiger partial charge in [0.05, 0.1) is 5.69 Å². The van der Waals surface area contributed by atoms with E-state index in [4.69, 9.17) is 25.5 Å². The minimum atomic E-state index is 0.292. The Balaban J connectivity index is 1.42. The fraction of sp³-hybridized carbons (Fsp3) is 0.211. The molecule has 0 saturated carbocycles. The van der Waals surface area contributed by atoms with Crippen molar-refractivity contribution in [2.24, 2.45) is 0 Å². The van der Waals surface area contributed by atoms with Crippen LogP contribution in [0.2, 0.25) is 5.02 Å². The van der Waals surface area contributed by atoms with Crippen LogP contribution in [0.4, 0.5) is 0 Å². The lowest BCUT2D eigenvalue weighted by Gasteiger charge is -2.15. The van der Waals surface area contributed by atoms with E-state index in [1.165, 1.54) is 0 Å². The highest BCUT2D eigenvalue weighted by molar-refractivity contribution is 6.30. The molecule has 0 spiro atoms. The summed E-state index contributed by atoms with van der Waals surface area (Å²) in [5, 5.41) is 0.664. The molecular formula is C19H17ClN2O3. The largest absolute Gasteiger partial charge is 0.454 e. The van der Waals surface area contributed by atoms with Gasteiger partial charge in [-0.3, -0.25) is 4.90 Å². The molecule has 25 heavy (non-hydrogen) atoms. The van der Waals surface area contributed by atoms with Gasteiger partial charge >= 0.3 is 0 Å². The zero-order valence-corrected chi connectivity index (χ0v) is 14.5. The lowest BCUT2D eigenvalue weighted by molar-refractivity contribution is 0.174. The molecule has 4 rings (SSSR count). The van der Waals surface area contributed by atoms with Crippen LogP contribution >= 0.6 is 11.6 Å². The van der Waals surface area contributed by atoms with Crippen LogP contribution in [0.15, 0.2) is 53.1 Å². The third-order valence-electron chi connectivity index (χ3n) is 3.94. The Hall–Kier alpha value is -2.50. The second-order valence-corrected chi connectivity index (χ2v) is 6.45. The van der Waals surface area contributed by atoms with Crippen LogP contribution in [-0.2, 0) is 13.1 Å². The minimum absolute atomic E-state index is 0.292. The number of hydrogen-bond donors (Lipinski definition) is 0.